The standard InChI is InChI=1S/C12H24N2O/c1-9-5-6-14(11(3)7-9)12(15)10(2)8-13-4/h9-11,13H,5-8H2,1-4H3. The van der Waals surface area contributed by atoms with E-state index < -0.39 is 0 Å². The fraction of sp³-hybridized carbons (Fsp3) is 0.917. The lowest BCUT2D eigenvalue weighted by Gasteiger charge is -2.38. The van der Waals surface area contributed by atoms with Gasteiger partial charge in [-0.2, -0.15) is 0 Å². The Labute approximate surface area is 93.2 Å². The van der Waals surface area contributed by atoms with Crippen molar-refractivity contribution in [3.8, 4) is 0 Å². The van der Waals surface area contributed by atoms with Gasteiger partial charge in [0.1, 0.15) is 0 Å². The number of carbonyl (C=O) groups excluding carboxylic acids is 1. The molecular formula is C12H24N2O. The van der Waals surface area contributed by atoms with Crippen LogP contribution in [0, 0.1) is 11.8 Å². The zero-order chi connectivity index (χ0) is 11.4. The summed E-state index contributed by atoms with van der Waals surface area (Å²) in [6.45, 7) is 8.16. The van der Waals surface area contributed by atoms with E-state index in [1.54, 1.807) is 0 Å². The predicted molar refractivity (Wildman–Crippen MR) is 62.7 cm³/mol. The van der Waals surface area contributed by atoms with E-state index in [0.29, 0.717) is 11.9 Å². The summed E-state index contributed by atoms with van der Waals surface area (Å²) in [5.41, 5.74) is 0. The van der Waals surface area contributed by atoms with Gasteiger partial charge in [0.2, 0.25) is 5.91 Å². The number of carbonyl (C=O) groups is 1. The van der Waals surface area contributed by atoms with Gasteiger partial charge in [-0.05, 0) is 32.7 Å². The normalized spacial score (nSPS) is 28.9. The van der Waals surface area contributed by atoms with Crippen LogP contribution in [-0.4, -0.2) is 37.0 Å². The molecule has 88 valence electrons. The molecule has 1 heterocycles. The first-order chi connectivity index (χ1) is 7.06. The van der Waals surface area contributed by atoms with Gasteiger partial charge in [-0.1, -0.05) is 13.8 Å². The number of likely N-dealkylation sites (tertiary alicyclic amines) is 1. The van der Waals surface area contributed by atoms with Crippen LogP contribution in [0.2, 0.25) is 0 Å². The van der Waals surface area contributed by atoms with Crippen LogP contribution in [0.4, 0.5) is 0 Å². The van der Waals surface area contributed by atoms with E-state index in [4.69, 9.17) is 0 Å². The lowest BCUT2D eigenvalue weighted by Crippen LogP contribution is -2.47. The van der Waals surface area contributed by atoms with Crippen molar-refractivity contribution in [2.45, 2.75) is 39.7 Å². The van der Waals surface area contributed by atoms with Gasteiger partial charge >= 0.3 is 0 Å². The first-order valence-electron chi connectivity index (χ1n) is 6.01. The third-order valence-corrected chi connectivity index (χ3v) is 3.35. The molecule has 3 atom stereocenters. The molecule has 1 aliphatic heterocycles. The summed E-state index contributed by atoms with van der Waals surface area (Å²) < 4.78 is 0. The highest BCUT2D eigenvalue weighted by Gasteiger charge is 2.28. The smallest absolute Gasteiger partial charge is 0.226 e. The summed E-state index contributed by atoms with van der Waals surface area (Å²) in [7, 11) is 1.89. The molecule has 1 fully saturated rings. The summed E-state index contributed by atoms with van der Waals surface area (Å²) >= 11 is 0. The Morgan fingerprint density at radius 3 is 2.73 bits per heavy atom. The average Bonchev–Trinajstić information content (AvgIpc) is 2.17. The van der Waals surface area contributed by atoms with Crippen molar-refractivity contribution in [1.29, 1.82) is 0 Å². The average molecular weight is 212 g/mol. The number of piperidine rings is 1. The highest BCUT2D eigenvalue weighted by molar-refractivity contribution is 5.79. The van der Waals surface area contributed by atoms with Gasteiger partial charge in [-0.25, -0.2) is 0 Å². The van der Waals surface area contributed by atoms with E-state index in [9.17, 15) is 4.79 Å². The maximum absolute atomic E-state index is 12.1. The van der Waals surface area contributed by atoms with E-state index in [1.165, 1.54) is 0 Å². The number of amides is 1. The second-order valence-corrected chi connectivity index (χ2v) is 4.97. The molecule has 1 aliphatic rings. The summed E-state index contributed by atoms with van der Waals surface area (Å²) in [6, 6.07) is 0.417. The molecule has 0 bridgehead atoms. The van der Waals surface area contributed by atoms with Crippen molar-refractivity contribution < 1.29 is 4.79 Å². The minimum absolute atomic E-state index is 0.103. The first-order valence-corrected chi connectivity index (χ1v) is 6.01. The second-order valence-electron chi connectivity index (χ2n) is 4.97. The topological polar surface area (TPSA) is 32.3 Å². The van der Waals surface area contributed by atoms with E-state index in [1.807, 2.05) is 14.0 Å². The van der Waals surface area contributed by atoms with E-state index in [2.05, 4.69) is 24.1 Å². The molecule has 1 amide bonds. The molecule has 3 heteroatoms. The van der Waals surface area contributed by atoms with Gasteiger partial charge in [0.25, 0.3) is 0 Å². The number of nitrogens with one attached hydrogen (secondary N) is 1. The van der Waals surface area contributed by atoms with Crippen LogP contribution >= 0.6 is 0 Å². The zero-order valence-electron chi connectivity index (χ0n) is 10.4. The van der Waals surface area contributed by atoms with Crippen LogP contribution in [0.3, 0.4) is 0 Å². The van der Waals surface area contributed by atoms with Gasteiger partial charge in [0.05, 0.1) is 0 Å². The number of hydrogen-bond donors (Lipinski definition) is 1. The Balaban J connectivity index is 2.52. The third-order valence-electron chi connectivity index (χ3n) is 3.35. The van der Waals surface area contributed by atoms with Crippen molar-refractivity contribution in [1.82, 2.24) is 10.2 Å². The van der Waals surface area contributed by atoms with Crippen LogP contribution in [0.25, 0.3) is 0 Å². The molecule has 0 aromatic heterocycles. The molecule has 0 aromatic rings. The molecule has 0 aliphatic carbocycles. The fourth-order valence-electron chi connectivity index (χ4n) is 2.41. The minimum Gasteiger partial charge on any atom is -0.340 e. The highest BCUT2D eigenvalue weighted by atomic mass is 16.2. The van der Waals surface area contributed by atoms with Crippen LogP contribution < -0.4 is 5.32 Å². The summed E-state index contributed by atoms with van der Waals surface area (Å²) in [5.74, 6) is 1.18. The molecule has 1 rings (SSSR count). The number of hydrogen-bond acceptors (Lipinski definition) is 2. The van der Waals surface area contributed by atoms with Crippen molar-refractivity contribution in [3.05, 3.63) is 0 Å². The molecule has 1 saturated heterocycles. The van der Waals surface area contributed by atoms with Crippen LogP contribution in [0.15, 0.2) is 0 Å². The third kappa shape index (κ3) is 3.20. The maximum Gasteiger partial charge on any atom is 0.226 e. The van der Waals surface area contributed by atoms with Crippen LogP contribution in [0.1, 0.15) is 33.6 Å². The Kier molecular flexibility index (Phi) is 4.58. The van der Waals surface area contributed by atoms with Crippen LogP contribution in [-0.2, 0) is 4.79 Å². The fourth-order valence-corrected chi connectivity index (χ4v) is 2.41. The van der Waals surface area contributed by atoms with Crippen LogP contribution in [0.5, 0.6) is 0 Å². The predicted octanol–water partition coefficient (Wildman–Crippen LogP) is 1.49. The van der Waals surface area contributed by atoms with E-state index in [0.717, 1.165) is 31.8 Å². The lowest BCUT2D eigenvalue weighted by atomic mass is 9.92. The SMILES string of the molecule is CNCC(C)C(=O)N1CCC(C)CC1C. The molecule has 15 heavy (non-hydrogen) atoms. The lowest BCUT2D eigenvalue weighted by molar-refractivity contribution is -0.138. The Bertz CT molecular complexity index is 218. The molecule has 0 spiro atoms. The molecule has 0 saturated carbocycles. The van der Waals surface area contributed by atoms with Gasteiger partial charge in [-0.3, -0.25) is 4.79 Å². The maximum atomic E-state index is 12.1. The van der Waals surface area contributed by atoms with Crippen molar-refractivity contribution >= 4 is 5.91 Å². The molecule has 3 nitrogen and oxygen atoms in total. The largest absolute Gasteiger partial charge is 0.340 e. The zero-order valence-corrected chi connectivity index (χ0v) is 10.4. The quantitative estimate of drug-likeness (QED) is 0.768. The molecule has 0 aromatic carbocycles. The minimum atomic E-state index is 0.103. The molecule has 3 unspecified atom stereocenters. The van der Waals surface area contributed by atoms with Gasteiger partial charge < -0.3 is 10.2 Å². The number of rotatable bonds is 3. The summed E-state index contributed by atoms with van der Waals surface area (Å²) in [6.07, 6.45) is 2.31. The molecule has 0 radical (unpaired) electrons. The van der Waals surface area contributed by atoms with Crippen molar-refractivity contribution in [2.75, 3.05) is 20.1 Å². The van der Waals surface area contributed by atoms with Gasteiger partial charge in [0.15, 0.2) is 0 Å². The van der Waals surface area contributed by atoms with Gasteiger partial charge in [0, 0.05) is 25.0 Å². The van der Waals surface area contributed by atoms with Crippen molar-refractivity contribution in [2.24, 2.45) is 11.8 Å². The van der Waals surface area contributed by atoms with Crippen molar-refractivity contribution in [3.63, 3.8) is 0 Å². The Morgan fingerprint density at radius 2 is 2.20 bits per heavy atom. The monoisotopic (exact) mass is 212 g/mol. The number of nitrogens with zero attached hydrogens (tertiary/aromatic N) is 1. The van der Waals surface area contributed by atoms with E-state index >= 15 is 0 Å². The summed E-state index contributed by atoms with van der Waals surface area (Å²) in [4.78, 5) is 14.1. The Hall–Kier alpha value is -0.570. The molecular weight excluding hydrogens is 188 g/mol. The first kappa shape index (κ1) is 12.5. The second kappa shape index (κ2) is 5.50. The van der Waals surface area contributed by atoms with E-state index in [-0.39, 0.29) is 5.92 Å². The molecule has 1 N–H and O–H groups in total. The van der Waals surface area contributed by atoms with Gasteiger partial charge in [-0.15, -0.1) is 0 Å². The highest BCUT2D eigenvalue weighted by Crippen LogP contribution is 2.23. The summed E-state index contributed by atoms with van der Waals surface area (Å²) in [5, 5.41) is 3.06. The Morgan fingerprint density at radius 1 is 1.53 bits per heavy atom.